The van der Waals surface area contributed by atoms with Crippen LogP contribution in [0.2, 0.25) is 0 Å². The second kappa shape index (κ2) is 7.02. The molecule has 2 fully saturated rings. The molecule has 1 amide bonds. The molecule has 2 N–H and O–H groups in total. The maximum absolute atomic E-state index is 11.9. The molecule has 1 aliphatic heterocycles. The predicted molar refractivity (Wildman–Crippen MR) is 79.8 cm³/mol. The molecule has 1 aromatic rings. The van der Waals surface area contributed by atoms with Crippen LogP contribution in [0.5, 0.6) is 0 Å². The Labute approximate surface area is 125 Å². The van der Waals surface area contributed by atoms with Gasteiger partial charge < -0.3 is 10.6 Å². The molecule has 2 aliphatic rings. The molecule has 1 saturated carbocycles. The largest absolute Gasteiger partial charge is 0.352 e. The van der Waals surface area contributed by atoms with Crippen LogP contribution < -0.4 is 10.6 Å². The number of carbonyl (C=O) groups is 1. The molecule has 1 aliphatic carbocycles. The van der Waals surface area contributed by atoms with E-state index in [1.165, 1.54) is 5.56 Å². The molecule has 0 aromatic carbocycles. The first-order valence-electron chi connectivity index (χ1n) is 6.97. The van der Waals surface area contributed by atoms with Gasteiger partial charge in [-0.2, -0.15) is 0 Å². The average Bonchev–Trinajstić information content (AvgIpc) is 3.24. The minimum atomic E-state index is 0. The minimum absolute atomic E-state index is 0. The van der Waals surface area contributed by atoms with Crippen molar-refractivity contribution in [2.75, 3.05) is 26.2 Å². The van der Waals surface area contributed by atoms with Crippen molar-refractivity contribution >= 4 is 18.3 Å². The van der Waals surface area contributed by atoms with Crippen LogP contribution in [0.1, 0.15) is 24.4 Å². The van der Waals surface area contributed by atoms with Crippen LogP contribution >= 0.6 is 12.4 Å². The number of piperazine rings is 1. The molecule has 110 valence electrons. The topological polar surface area (TPSA) is 57.3 Å². The van der Waals surface area contributed by atoms with E-state index in [-0.39, 0.29) is 24.4 Å². The zero-order chi connectivity index (χ0) is 13.1. The average molecular weight is 297 g/mol. The molecule has 1 unspecified atom stereocenters. The first kappa shape index (κ1) is 15.2. The molecular formula is C14H21ClN4O. The Morgan fingerprint density at radius 1 is 1.50 bits per heavy atom. The number of nitrogens with zero attached hydrogens (tertiary/aromatic N) is 2. The van der Waals surface area contributed by atoms with Gasteiger partial charge in [0.1, 0.15) is 0 Å². The Morgan fingerprint density at radius 2 is 2.35 bits per heavy atom. The van der Waals surface area contributed by atoms with Gasteiger partial charge in [-0.1, -0.05) is 6.07 Å². The van der Waals surface area contributed by atoms with Crippen LogP contribution in [0.4, 0.5) is 0 Å². The molecule has 1 saturated heterocycles. The SMILES string of the molecule is Cl.O=C(CN1CCNCC1c1cccnc1)NC1CC1. The standard InChI is InChI=1S/C14H20N4O.ClH/c19-14(17-12-3-4-12)10-18-7-6-16-9-13(18)11-2-1-5-15-8-11;/h1-2,5,8,12-13,16H,3-4,6-7,9-10H2,(H,17,19);1H. The fraction of sp³-hybridized carbons (Fsp3) is 0.571. The third-order valence-corrected chi connectivity index (χ3v) is 3.71. The summed E-state index contributed by atoms with van der Waals surface area (Å²) in [4.78, 5) is 18.4. The van der Waals surface area contributed by atoms with Gasteiger partial charge in [0.2, 0.25) is 5.91 Å². The molecule has 1 aromatic heterocycles. The van der Waals surface area contributed by atoms with Crippen LogP contribution in [0.15, 0.2) is 24.5 Å². The first-order valence-corrected chi connectivity index (χ1v) is 6.97. The Morgan fingerprint density at radius 3 is 3.05 bits per heavy atom. The van der Waals surface area contributed by atoms with Crippen molar-refractivity contribution in [1.82, 2.24) is 20.5 Å². The number of hydrogen-bond acceptors (Lipinski definition) is 4. The van der Waals surface area contributed by atoms with Crippen LogP contribution in [-0.4, -0.2) is 48.0 Å². The smallest absolute Gasteiger partial charge is 0.234 e. The van der Waals surface area contributed by atoms with E-state index in [1.807, 2.05) is 12.3 Å². The lowest BCUT2D eigenvalue weighted by atomic mass is 10.1. The highest BCUT2D eigenvalue weighted by molar-refractivity contribution is 5.85. The predicted octanol–water partition coefficient (Wildman–Crippen LogP) is 0.728. The van der Waals surface area contributed by atoms with Gasteiger partial charge >= 0.3 is 0 Å². The van der Waals surface area contributed by atoms with Crippen molar-refractivity contribution in [2.24, 2.45) is 0 Å². The van der Waals surface area contributed by atoms with E-state index in [2.05, 4.69) is 26.6 Å². The fourth-order valence-corrected chi connectivity index (χ4v) is 2.52. The van der Waals surface area contributed by atoms with Crippen molar-refractivity contribution in [3.8, 4) is 0 Å². The van der Waals surface area contributed by atoms with E-state index >= 15 is 0 Å². The van der Waals surface area contributed by atoms with Crippen LogP contribution in [0.25, 0.3) is 0 Å². The number of amides is 1. The number of rotatable bonds is 4. The van der Waals surface area contributed by atoms with E-state index < -0.39 is 0 Å². The molecule has 1 atom stereocenters. The summed E-state index contributed by atoms with van der Waals surface area (Å²) in [7, 11) is 0. The monoisotopic (exact) mass is 296 g/mol. The molecule has 3 rings (SSSR count). The van der Waals surface area contributed by atoms with Gasteiger partial charge in [-0.05, 0) is 24.5 Å². The summed E-state index contributed by atoms with van der Waals surface area (Å²) in [5.74, 6) is 0.151. The summed E-state index contributed by atoms with van der Waals surface area (Å²) in [6, 6.07) is 4.71. The molecule has 0 radical (unpaired) electrons. The lowest BCUT2D eigenvalue weighted by molar-refractivity contribution is -0.123. The Bertz CT molecular complexity index is 438. The van der Waals surface area contributed by atoms with Crippen LogP contribution in [0.3, 0.4) is 0 Å². The summed E-state index contributed by atoms with van der Waals surface area (Å²) in [6.45, 7) is 3.20. The highest BCUT2D eigenvalue weighted by atomic mass is 35.5. The molecule has 5 nitrogen and oxygen atoms in total. The second-order valence-electron chi connectivity index (χ2n) is 5.32. The van der Waals surface area contributed by atoms with Crippen molar-refractivity contribution in [1.29, 1.82) is 0 Å². The summed E-state index contributed by atoms with van der Waals surface area (Å²) in [5, 5.41) is 6.45. The van der Waals surface area contributed by atoms with Gasteiger partial charge in [0, 0.05) is 44.1 Å². The summed E-state index contributed by atoms with van der Waals surface area (Å²) < 4.78 is 0. The maximum Gasteiger partial charge on any atom is 0.234 e. The second-order valence-corrected chi connectivity index (χ2v) is 5.32. The molecular weight excluding hydrogens is 276 g/mol. The van der Waals surface area contributed by atoms with Gasteiger partial charge in [0.15, 0.2) is 0 Å². The minimum Gasteiger partial charge on any atom is -0.352 e. The Hall–Kier alpha value is -1.17. The number of nitrogens with one attached hydrogen (secondary N) is 2. The number of aromatic nitrogens is 1. The Balaban J connectivity index is 0.00000147. The van der Waals surface area contributed by atoms with Gasteiger partial charge in [0.25, 0.3) is 0 Å². The summed E-state index contributed by atoms with van der Waals surface area (Å²) in [6.07, 6.45) is 5.95. The number of halogens is 1. The van der Waals surface area contributed by atoms with E-state index in [0.717, 1.165) is 32.5 Å². The van der Waals surface area contributed by atoms with Gasteiger partial charge in [-0.15, -0.1) is 12.4 Å². The quantitative estimate of drug-likeness (QED) is 0.860. The molecule has 0 bridgehead atoms. The van der Waals surface area contributed by atoms with E-state index in [9.17, 15) is 4.79 Å². The fourth-order valence-electron chi connectivity index (χ4n) is 2.52. The van der Waals surface area contributed by atoms with Crippen molar-refractivity contribution in [2.45, 2.75) is 24.9 Å². The number of carbonyl (C=O) groups excluding carboxylic acids is 1. The highest BCUT2D eigenvalue weighted by Gasteiger charge is 2.28. The zero-order valence-corrected chi connectivity index (χ0v) is 12.2. The highest BCUT2D eigenvalue weighted by Crippen LogP contribution is 2.22. The number of pyridine rings is 1. The normalized spacial score (nSPS) is 22.9. The molecule has 20 heavy (non-hydrogen) atoms. The number of hydrogen-bond donors (Lipinski definition) is 2. The van der Waals surface area contributed by atoms with E-state index in [1.54, 1.807) is 6.20 Å². The van der Waals surface area contributed by atoms with Crippen molar-refractivity contribution in [3.05, 3.63) is 30.1 Å². The molecule has 2 heterocycles. The lowest BCUT2D eigenvalue weighted by Crippen LogP contribution is -2.49. The Kier molecular flexibility index (Phi) is 5.34. The van der Waals surface area contributed by atoms with Crippen molar-refractivity contribution < 1.29 is 4.79 Å². The zero-order valence-electron chi connectivity index (χ0n) is 11.4. The summed E-state index contributed by atoms with van der Waals surface area (Å²) in [5.41, 5.74) is 1.17. The van der Waals surface area contributed by atoms with Crippen LogP contribution in [-0.2, 0) is 4.79 Å². The van der Waals surface area contributed by atoms with Gasteiger partial charge in [0.05, 0.1) is 6.54 Å². The molecule has 0 spiro atoms. The third kappa shape index (κ3) is 3.91. The van der Waals surface area contributed by atoms with Gasteiger partial charge in [-0.25, -0.2) is 0 Å². The van der Waals surface area contributed by atoms with Crippen LogP contribution in [0, 0.1) is 0 Å². The summed E-state index contributed by atoms with van der Waals surface area (Å²) >= 11 is 0. The first-order chi connectivity index (χ1) is 9.33. The van der Waals surface area contributed by atoms with Gasteiger partial charge in [-0.3, -0.25) is 14.7 Å². The maximum atomic E-state index is 11.9. The van der Waals surface area contributed by atoms with E-state index in [0.29, 0.717) is 12.6 Å². The molecule has 6 heteroatoms. The van der Waals surface area contributed by atoms with E-state index in [4.69, 9.17) is 0 Å². The lowest BCUT2D eigenvalue weighted by Gasteiger charge is -2.35. The van der Waals surface area contributed by atoms with Crippen molar-refractivity contribution in [3.63, 3.8) is 0 Å². The third-order valence-electron chi connectivity index (χ3n) is 3.71.